The third-order valence-electron chi connectivity index (χ3n) is 4.55. The molecule has 1 N–H and O–H groups in total. The first kappa shape index (κ1) is 13.9. The number of carbonyl (C=O) groups excluding carboxylic acids is 1. The summed E-state index contributed by atoms with van der Waals surface area (Å²) in [6.07, 6.45) is 5.51. The summed E-state index contributed by atoms with van der Waals surface area (Å²) in [5, 5.41) is 7.83. The average molecular weight is 306 g/mol. The Hall–Kier alpha value is -2.69. The van der Waals surface area contributed by atoms with Crippen molar-refractivity contribution in [3.63, 3.8) is 0 Å². The van der Waals surface area contributed by atoms with E-state index in [1.54, 1.807) is 12.3 Å². The normalized spacial score (nSPS) is 17.7. The predicted molar refractivity (Wildman–Crippen MR) is 88.0 cm³/mol. The molecule has 5 heteroatoms. The van der Waals surface area contributed by atoms with Gasteiger partial charge in [-0.25, -0.2) is 0 Å². The summed E-state index contributed by atoms with van der Waals surface area (Å²) in [5.41, 5.74) is 2.92. The zero-order valence-electron chi connectivity index (χ0n) is 12.8. The summed E-state index contributed by atoms with van der Waals surface area (Å²) in [4.78, 5) is 18.7. The lowest BCUT2D eigenvalue weighted by Gasteiger charge is -2.16. The van der Waals surface area contributed by atoms with Gasteiger partial charge in [-0.3, -0.25) is 14.9 Å². The zero-order chi connectivity index (χ0) is 15.6. The Labute approximate surface area is 134 Å². The zero-order valence-corrected chi connectivity index (χ0v) is 12.8. The number of hydrogen-bond acceptors (Lipinski definition) is 3. The van der Waals surface area contributed by atoms with E-state index >= 15 is 0 Å². The smallest absolute Gasteiger partial charge is 0.271 e. The van der Waals surface area contributed by atoms with Crippen molar-refractivity contribution in [2.75, 3.05) is 13.1 Å². The Morgan fingerprint density at radius 1 is 1.22 bits per heavy atom. The van der Waals surface area contributed by atoms with Gasteiger partial charge < -0.3 is 4.90 Å². The Morgan fingerprint density at radius 2 is 2.13 bits per heavy atom. The average Bonchev–Trinajstić information content (AvgIpc) is 3.27. The molecule has 23 heavy (non-hydrogen) atoms. The van der Waals surface area contributed by atoms with Crippen LogP contribution in [0.4, 0.5) is 0 Å². The topological polar surface area (TPSA) is 61.9 Å². The summed E-state index contributed by atoms with van der Waals surface area (Å²) in [7, 11) is 0. The van der Waals surface area contributed by atoms with Crippen LogP contribution in [0.5, 0.6) is 0 Å². The monoisotopic (exact) mass is 306 g/mol. The maximum atomic E-state index is 12.4. The van der Waals surface area contributed by atoms with Gasteiger partial charge in [0.25, 0.3) is 5.91 Å². The largest absolute Gasteiger partial charge is 0.337 e. The third-order valence-corrected chi connectivity index (χ3v) is 4.55. The number of H-pyrrole nitrogens is 1. The molecule has 116 valence electrons. The van der Waals surface area contributed by atoms with Crippen molar-refractivity contribution < 1.29 is 4.79 Å². The van der Waals surface area contributed by atoms with E-state index in [1.807, 2.05) is 23.2 Å². The maximum absolute atomic E-state index is 12.4. The second-order valence-electron chi connectivity index (χ2n) is 6.07. The predicted octanol–water partition coefficient (Wildman–Crippen LogP) is 2.66. The number of rotatable bonds is 3. The van der Waals surface area contributed by atoms with Crippen LogP contribution in [-0.2, 0) is 6.42 Å². The van der Waals surface area contributed by atoms with Gasteiger partial charge in [-0.15, -0.1) is 0 Å². The number of nitrogens with one attached hydrogen (secondary N) is 1. The lowest BCUT2D eigenvalue weighted by atomic mass is 9.96. The van der Waals surface area contributed by atoms with E-state index in [0.29, 0.717) is 11.6 Å². The van der Waals surface area contributed by atoms with Crippen molar-refractivity contribution in [2.45, 2.75) is 12.8 Å². The van der Waals surface area contributed by atoms with Crippen molar-refractivity contribution in [3.05, 3.63) is 60.0 Å². The molecule has 1 fully saturated rings. The van der Waals surface area contributed by atoms with Gasteiger partial charge in [0.2, 0.25) is 0 Å². The van der Waals surface area contributed by atoms with Crippen molar-refractivity contribution in [3.8, 4) is 0 Å². The molecule has 2 aromatic heterocycles. The number of aromatic amines is 1. The van der Waals surface area contributed by atoms with E-state index in [2.05, 4.69) is 33.4 Å². The van der Waals surface area contributed by atoms with Crippen LogP contribution < -0.4 is 0 Å². The van der Waals surface area contributed by atoms with Crippen molar-refractivity contribution in [2.24, 2.45) is 5.92 Å². The summed E-state index contributed by atoms with van der Waals surface area (Å²) >= 11 is 0. The molecule has 1 aliphatic rings. The molecular formula is C18H18N4O. The Morgan fingerprint density at radius 3 is 3.00 bits per heavy atom. The molecule has 0 radical (unpaired) electrons. The van der Waals surface area contributed by atoms with Crippen LogP contribution >= 0.6 is 0 Å². The van der Waals surface area contributed by atoms with Gasteiger partial charge in [0.15, 0.2) is 0 Å². The number of amides is 1. The summed E-state index contributed by atoms with van der Waals surface area (Å²) in [5.74, 6) is 0.539. The van der Waals surface area contributed by atoms with Crippen LogP contribution in [0.2, 0.25) is 0 Å². The lowest BCUT2D eigenvalue weighted by Crippen LogP contribution is -2.29. The van der Waals surface area contributed by atoms with Crippen LogP contribution in [-0.4, -0.2) is 39.1 Å². The molecular weight excluding hydrogens is 288 g/mol. The van der Waals surface area contributed by atoms with Gasteiger partial charge >= 0.3 is 0 Å². The van der Waals surface area contributed by atoms with Gasteiger partial charge in [0.05, 0.1) is 5.52 Å². The minimum Gasteiger partial charge on any atom is -0.337 e. The van der Waals surface area contributed by atoms with Gasteiger partial charge in [0, 0.05) is 30.9 Å². The second kappa shape index (κ2) is 5.83. The second-order valence-corrected chi connectivity index (χ2v) is 6.07. The number of carbonyl (C=O) groups is 1. The van der Waals surface area contributed by atoms with Crippen molar-refractivity contribution in [1.82, 2.24) is 20.1 Å². The number of likely N-dealkylation sites (tertiary alicyclic amines) is 1. The molecule has 1 amide bonds. The number of aromatic nitrogens is 3. The quantitative estimate of drug-likeness (QED) is 0.809. The van der Waals surface area contributed by atoms with Gasteiger partial charge in [-0.05, 0) is 42.5 Å². The summed E-state index contributed by atoms with van der Waals surface area (Å²) in [6.45, 7) is 1.61. The highest BCUT2D eigenvalue weighted by molar-refractivity contribution is 5.92. The third kappa shape index (κ3) is 2.70. The molecule has 4 rings (SSSR count). The fraction of sp³-hybridized carbons (Fsp3) is 0.278. The highest BCUT2D eigenvalue weighted by Gasteiger charge is 2.27. The minimum absolute atomic E-state index is 0.0459. The van der Waals surface area contributed by atoms with Crippen molar-refractivity contribution in [1.29, 1.82) is 0 Å². The number of fused-ring (bicyclic) bond motifs is 1. The van der Waals surface area contributed by atoms with Crippen molar-refractivity contribution >= 4 is 16.8 Å². The van der Waals surface area contributed by atoms with Crippen LogP contribution in [0.1, 0.15) is 22.5 Å². The van der Waals surface area contributed by atoms with Crippen LogP contribution in [0, 0.1) is 5.92 Å². The molecule has 5 nitrogen and oxygen atoms in total. The molecule has 3 heterocycles. The molecule has 0 aliphatic carbocycles. The van der Waals surface area contributed by atoms with Crippen LogP contribution in [0.25, 0.3) is 10.9 Å². The number of para-hydroxylation sites is 1. The Bertz CT molecular complexity index is 823. The molecule has 0 spiro atoms. The summed E-state index contributed by atoms with van der Waals surface area (Å²) < 4.78 is 0. The van der Waals surface area contributed by atoms with Gasteiger partial charge in [-0.2, -0.15) is 5.10 Å². The first-order valence-corrected chi connectivity index (χ1v) is 7.92. The van der Waals surface area contributed by atoms with Crippen LogP contribution in [0.15, 0.2) is 48.8 Å². The van der Waals surface area contributed by atoms with E-state index < -0.39 is 0 Å². The van der Waals surface area contributed by atoms with E-state index in [-0.39, 0.29) is 5.91 Å². The Balaban J connectivity index is 1.49. The van der Waals surface area contributed by atoms with E-state index in [9.17, 15) is 4.79 Å². The standard InChI is InChI=1S/C18H18N4O/c23-18(17-6-9-20-21-17)22-10-7-13(12-22)11-14-5-8-19-16-4-2-1-3-15(14)16/h1-6,8-9,13H,7,10-12H2,(H,20,21)/t13-/m1/s1. The first-order chi connectivity index (χ1) is 11.3. The highest BCUT2D eigenvalue weighted by atomic mass is 16.2. The molecule has 1 atom stereocenters. The van der Waals surface area contributed by atoms with E-state index in [4.69, 9.17) is 0 Å². The SMILES string of the molecule is O=C(c1ccn[nH]1)N1CC[C@H](Cc2ccnc3ccccc23)C1. The molecule has 0 unspecified atom stereocenters. The van der Waals surface area contributed by atoms with E-state index in [1.165, 1.54) is 10.9 Å². The number of benzene rings is 1. The fourth-order valence-corrected chi connectivity index (χ4v) is 3.37. The number of hydrogen-bond donors (Lipinski definition) is 1. The minimum atomic E-state index is 0.0459. The van der Waals surface area contributed by atoms with Crippen LogP contribution in [0.3, 0.4) is 0 Å². The number of nitrogens with zero attached hydrogens (tertiary/aromatic N) is 3. The molecule has 1 aliphatic heterocycles. The maximum Gasteiger partial charge on any atom is 0.271 e. The Kier molecular flexibility index (Phi) is 3.54. The molecule has 1 aromatic carbocycles. The molecule has 3 aromatic rings. The molecule has 0 saturated carbocycles. The van der Waals surface area contributed by atoms with Gasteiger partial charge in [0.1, 0.15) is 5.69 Å². The first-order valence-electron chi connectivity index (χ1n) is 7.92. The molecule has 1 saturated heterocycles. The highest BCUT2D eigenvalue weighted by Crippen LogP contribution is 2.25. The molecule has 0 bridgehead atoms. The van der Waals surface area contributed by atoms with E-state index in [0.717, 1.165) is 31.4 Å². The summed E-state index contributed by atoms with van der Waals surface area (Å²) in [6, 6.07) is 12.1. The lowest BCUT2D eigenvalue weighted by molar-refractivity contribution is 0.0781. The number of pyridine rings is 1. The fourth-order valence-electron chi connectivity index (χ4n) is 3.37. The van der Waals surface area contributed by atoms with Gasteiger partial charge in [-0.1, -0.05) is 18.2 Å².